The topological polar surface area (TPSA) is 52.6 Å². The highest BCUT2D eigenvalue weighted by atomic mass is 32.2. The van der Waals surface area contributed by atoms with Crippen molar-refractivity contribution in [1.82, 2.24) is 0 Å². The van der Waals surface area contributed by atoms with E-state index in [-0.39, 0.29) is 18.1 Å². The van der Waals surface area contributed by atoms with Gasteiger partial charge in [-0.1, -0.05) is 5.92 Å². The average molecular weight is 188 g/mol. The summed E-state index contributed by atoms with van der Waals surface area (Å²) in [5.41, 5.74) is 0. The Kier molecular flexibility index (Phi) is 3.11. The third-order valence-electron chi connectivity index (χ3n) is 1.27. The van der Waals surface area contributed by atoms with Crippen LogP contribution >= 0.6 is 0 Å². The van der Waals surface area contributed by atoms with Gasteiger partial charge in [0.2, 0.25) is 0 Å². The minimum Gasteiger partial charge on any atom is -0.430 e. The first kappa shape index (κ1) is 9.07. The van der Waals surface area contributed by atoms with Gasteiger partial charge in [0.1, 0.15) is 6.61 Å². The highest BCUT2D eigenvalue weighted by molar-refractivity contribution is 7.85. The van der Waals surface area contributed by atoms with Crippen molar-refractivity contribution >= 4 is 17.0 Å². The number of hydrogen-bond donors (Lipinski definition) is 0. The number of hydrogen-bond acceptors (Lipinski definition) is 4. The number of cyclic esters (lactones) is 2. The van der Waals surface area contributed by atoms with Gasteiger partial charge in [0.25, 0.3) is 0 Å². The summed E-state index contributed by atoms with van der Waals surface area (Å²) in [4.78, 5) is 10.4. The average Bonchev–Trinajstić information content (AvgIpc) is 2.36. The summed E-state index contributed by atoms with van der Waals surface area (Å²) in [6.45, 7) is 0.176. The molecular formula is C7H8O4S. The molecule has 1 fully saturated rings. The summed E-state index contributed by atoms with van der Waals surface area (Å²) in [5, 5.41) is 0. The summed E-state index contributed by atoms with van der Waals surface area (Å²) in [6, 6.07) is 0. The zero-order valence-electron chi connectivity index (χ0n) is 6.32. The van der Waals surface area contributed by atoms with Crippen molar-refractivity contribution in [3.63, 3.8) is 0 Å². The Morgan fingerprint density at radius 2 is 2.50 bits per heavy atom. The van der Waals surface area contributed by atoms with Crippen LogP contribution in [0.5, 0.6) is 0 Å². The van der Waals surface area contributed by atoms with E-state index in [2.05, 4.69) is 15.4 Å². The van der Waals surface area contributed by atoms with Gasteiger partial charge in [-0.2, -0.15) is 0 Å². The van der Waals surface area contributed by atoms with Gasteiger partial charge < -0.3 is 9.47 Å². The molecule has 0 radical (unpaired) electrons. The van der Waals surface area contributed by atoms with Crippen molar-refractivity contribution in [2.24, 2.45) is 0 Å². The van der Waals surface area contributed by atoms with Gasteiger partial charge in [0.05, 0.1) is 11.5 Å². The van der Waals surface area contributed by atoms with Gasteiger partial charge in [0.15, 0.2) is 6.10 Å². The number of carbonyl (C=O) groups is 1. The Labute approximate surface area is 72.7 Å². The van der Waals surface area contributed by atoms with Crippen LogP contribution in [0.2, 0.25) is 0 Å². The summed E-state index contributed by atoms with van der Waals surface area (Å²) < 4.78 is 20.2. The molecule has 1 aliphatic heterocycles. The molecule has 0 aromatic heterocycles. The quantitative estimate of drug-likeness (QED) is 0.458. The van der Waals surface area contributed by atoms with Crippen molar-refractivity contribution in [1.29, 1.82) is 0 Å². The molecule has 66 valence electrons. The van der Waals surface area contributed by atoms with Gasteiger partial charge >= 0.3 is 6.16 Å². The molecule has 0 aliphatic carbocycles. The summed E-state index contributed by atoms with van der Waals surface area (Å²) in [5.74, 6) is 2.72. The fraction of sp³-hybridized carbons (Fsp3) is 0.571. The molecule has 0 aromatic rings. The lowest BCUT2D eigenvalue weighted by molar-refractivity contribution is 0.122. The molecule has 12 heavy (non-hydrogen) atoms. The van der Waals surface area contributed by atoms with Crippen molar-refractivity contribution in [3.8, 4) is 12.3 Å². The van der Waals surface area contributed by atoms with Crippen LogP contribution < -0.4 is 0 Å². The lowest BCUT2D eigenvalue weighted by atomic mass is 10.4. The van der Waals surface area contributed by atoms with Crippen molar-refractivity contribution in [3.05, 3.63) is 0 Å². The van der Waals surface area contributed by atoms with Crippen LogP contribution in [0.1, 0.15) is 0 Å². The Morgan fingerprint density at radius 3 is 3.00 bits per heavy atom. The monoisotopic (exact) mass is 188 g/mol. The second-order valence-corrected chi connectivity index (χ2v) is 3.76. The zero-order chi connectivity index (χ0) is 8.97. The predicted molar refractivity (Wildman–Crippen MR) is 42.9 cm³/mol. The predicted octanol–water partition coefficient (Wildman–Crippen LogP) is -0.0963. The van der Waals surface area contributed by atoms with Crippen molar-refractivity contribution < 1.29 is 18.5 Å². The zero-order valence-corrected chi connectivity index (χ0v) is 7.13. The highest BCUT2D eigenvalue weighted by Gasteiger charge is 2.26. The summed E-state index contributed by atoms with van der Waals surface area (Å²) in [6.07, 6.45) is 3.86. The summed E-state index contributed by atoms with van der Waals surface area (Å²) >= 11 is 0. The minimum absolute atomic E-state index is 0.176. The largest absolute Gasteiger partial charge is 0.508 e. The smallest absolute Gasteiger partial charge is 0.430 e. The molecule has 1 rings (SSSR count). The van der Waals surface area contributed by atoms with Gasteiger partial charge in [0, 0.05) is 10.8 Å². The molecule has 0 spiro atoms. The van der Waals surface area contributed by atoms with Crippen molar-refractivity contribution in [2.45, 2.75) is 6.10 Å². The second kappa shape index (κ2) is 4.12. The SMILES string of the molecule is C#CCS(=O)CC1COC(=O)O1. The molecule has 4 nitrogen and oxygen atoms in total. The number of ether oxygens (including phenoxy) is 2. The maximum atomic E-state index is 11.0. The fourth-order valence-electron chi connectivity index (χ4n) is 0.806. The molecule has 5 heteroatoms. The van der Waals surface area contributed by atoms with Gasteiger partial charge in [-0.15, -0.1) is 6.42 Å². The maximum absolute atomic E-state index is 11.0. The van der Waals surface area contributed by atoms with E-state index >= 15 is 0 Å². The number of rotatable bonds is 3. The highest BCUT2D eigenvalue weighted by Crippen LogP contribution is 2.06. The third kappa shape index (κ3) is 2.55. The number of carbonyl (C=O) groups excluding carboxylic acids is 1. The Morgan fingerprint density at radius 1 is 1.75 bits per heavy atom. The Bertz CT molecular complexity index is 242. The standard InChI is InChI=1S/C7H8O4S/c1-2-3-12(9)5-6-4-10-7(8)11-6/h1,6H,3-5H2. The summed E-state index contributed by atoms with van der Waals surface area (Å²) in [7, 11) is -1.12. The molecule has 1 aliphatic rings. The first-order chi connectivity index (χ1) is 5.72. The molecule has 0 aromatic carbocycles. The molecule has 2 unspecified atom stereocenters. The molecule has 0 amide bonds. The first-order valence-electron chi connectivity index (χ1n) is 3.34. The normalized spacial score (nSPS) is 23.9. The van der Waals surface area contributed by atoms with Crippen LogP contribution in [-0.4, -0.2) is 34.6 Å². The third-order valence-corrected chi connectivity index (χ3v) is 2.50. The van der Waals surface area contributed by atoms with Crippen LogP contribution in [0.3, 0.4) is 0 Å². The van der Waals surface area contributed by atoms with E-state index in [4.69, 9.17) is 6.42 Å². The van der Waals surface area contributed by atoms with E-state index < -0.39 is 23.1 Å². The minimum atomic E-state index is -1.12. The first-order valence-corrected chi connectivity index (χ1v) is 4.83. The molecule has 1 saturated heterocycles. The van der Waals surface area contributed by atoms with Gasteiger partial charge in [-0.3, -0.25) is 4.21 Å². The fourth-order valence-corrected chi connectivity index (χ4v) is 1.69. The van der Waals surface area contributed by atoms with Gasteiger partial charge in [-0.25, -0.2) is 4.79 Å². The Hall–Kier alpha value is -1.02. The van der Waals surface area contributed by atoms with E-state index in [0.29, 0.717) is 0 Å². The molecule has 1 heterocycles. The van der Waals surface area contributed by atoms with E-state index in [0.717, 1.165) is 0 Å². The molecular weight excluding hydrogens is 180 g/mol. The van der Waals surface area contributed by atoms with Crippen molar-refractivity contribution in [2.75, 3.05) is 18.1 Å². The van der Waals surface area contributed by atoms with E-state index in [1.807, 2.05) is 0 Å². The van der Waals surface area contributed by atoms with E-state index in [9.17, 15) is 9.00 Å². The maximum Gasteiger partial charge on any atom is 0.508 e. The molecule has 0 saturated carbocycles. The van der Waals surface area contributed by atoms with Gasteiger partial charge in [-0.05, 0) is 0 Å². The lowest BCUT2D eigenvalue weighted by Gasteiger charge is -2.02. The molecule has 0 bridgehead atoms. The van der Waals surface area contributed by atoms with Crippen LogP contribution in [0.4, 0.5) is 4.79 Å². The second-order valence-electron chi connectivity index (χ2n) is 2.26. The van der Waals surface area contributed by atoms with Crippen LogP contribution in [0, 0.1) is 12.3 Å². The van der Waals surface area contributed by atoms with E-state index in [1.54, 1.807) is 0 Å². The van der Waals surface area contributed by atoms with Crippen LogP contribution in [0.15, 0.2) is 0 Å². The van der Waals surface area contributed by atoms with Crippen LogP contribution in [-0.2, 0) is 20.3 Å². The number of terminal acetylenes is 1. The molecule has 2 atom stereocenters. The lowest BCUT2D eigenvalue weighted by Crippen LogP contribution is -2.20. The van der Waals surface area contributed by atoms with E-state index in [1.165, 1.54) is 0 Å². The van der Waals surface area contributed by atoms with Crippen LogP contribution in [0.25, 0.3) is 0 Å². The molecule has 0 N–H and O–H groups in total. The Balaban J connectivity index is 2.28.